The molecule has 1 aliphatic heterocycles. The van der Waals surface area contributed by atoms with Crippen LogP contribution in [0.25, 0.3) is 22.0 Å². The Morgan fingerprint density at radius 2 is 2.17 bits per heavy atom. The average Bonchev–Trinajstić information content (AvgIpc) is 3.40. The van der Waals surface area contributed by atoms with Crippen molar-refractivity contribution >= 4 is 28.8 Å². The molecule has 3 aromatic rings. The molecule has 4 rings (SSSR count). The highest BCUT2D eigenvalue weighted by molar-refractivity contribution is 7.13. The first-order chi connectivity index (χ1) is 14.0. The topological polar surface area (TPSA) is 56.2 Å². The van der Waals surface area contributed by atoms with Crippen molar-refractivity contribution in [1.29, 1.82) is 0 Å². The molecule has 1 aromatic carbocycles. The molecule has 1 atom stereocenters. The number of rotatable bonds is 5. The molecule has 1 aliphatic rings. The summed E-state index contributed by atoms with van der Waals surface area (Å²) in [5, 5.41) is 6.54. The normalized spacial score (nSPS) is 16.5. The smallest absolute Gasteiger partial charge is 0.253 e. The molecule has 0 bridgehead atoms. The molecule has 1 saturated heterocycles. The van der Waals surface area contributed by atoms with Gasteiger partial charge in [0.25, 0.3) is 5.91 Å². The van der Waals surface area contributed by atoms with Gasteiger partial charge in [-0.25, -0.2) is 4.98 Å². The summed E-state index contributed by atoms with van der Waals surface area (Å²) in [6.45, 7) is 6.63. The van der Waals surface area contributed by atoms with Gasteiger partial charge >= 0.3 is 0 Å². The standard InChI is InChI=1S/C22H24ClN3O2S/c1-13(2)24-21(27)16-11-19(26(14(16)3)20-9-6-10-28-20)18-12-29-22(25-18)15-7-4-5-8-17(15)23/h4-5,7-8,11-13,20H,6,9-10H2,1-3H3,(H,24,27). The Morgan fingerprint density at radius 1 is 1.38 bits per heavy atom. The van der Waals surface area contributed by atoms with Gasteiger partial charge < -0.3 is 14.6 Å². The molecule has 1 fully saturated rings. The van der Waals surface area contributed by atoms with E-state index in [-0.39, 0.29) is 18.2 Å². The van der Waals surface area contributed by atoms with Gasteiger partial charge in [0, 0.05) is 29.3 Å². The van der Waals surface area contributed by atoms with Crippen molar-refractivity contribution in [3.8, 4) is 22.0 Å². The zero-order valence-electron chi connectivity index (χ0n) is 16.7. The van der Waals surface area contributed by atoms with Crippen molar-refractivity contribution in [1.82, 2.24) is 14.9 Å². The Morgan fingerprint density at radius 3 is 2.86 bits per heavy atom. The van der Waals surface area contributed by atoms with Gasteiger partial charge in [0.05, 0.1) is 22.0 Å². The molecular weight excluding hydrogens is 406 g/mol. The van der Waals surface area contributed by atoms with Crippen LogP contribution in [0.4, 0.5) is 0 Å². The van der Waals surface area contributed by atoms with Crippen LogP contribution < -0.4 is 5.32 Å². The van der Waals surface area contributed by atoms with Crippen molar-refractivity contribution in [2.45, 2.75) is 45.9 Å². The van der Waals surface area contributed by atoms with Crippen LogP contribution in [0.1, 0.15) is 49.0 Å². The zero-order chi connectivity index (χ0) is 20.5. The number of hydrogen-bond donors (Lipinski definition) is 1. The number of thiazole rings is 1. The molecule has 0 saturated carbocycles. The van der Waals surface area contributed by atoms with Gasteiger partial charge in [0.15, 0.2) is 0 Å². The Kier molecular flexibility index (Phi) is 5.76. The second kappa shape index (κ2) is 8.30. The van der Waals surface area contributed by atoms with Gasteiger partial charge in [-0.3, -0.25) is 4.79 Å². The van der Waals surface area contributed by atoms with E-state index in [4.69, 9.17) is 21.3 Å². The van der Waals surface area contributed by atoms with E-state index < -0.39 is 0 Å². The van der Waals surface area contributed by atoms with Gasteiger partial charge in [0.1, 0.15) is 11.2 Å². The zero-order valence-corrected chi connectivity index (χ0v) is 18.3. The number of halogens is 1. The summed E-state index contributed by atoms with van der Waals surface area (Å²) in [6, 6.07) is 9.70. The first kappa shape index (κ1) is 20.1. The number of carbonyl (C=O) groups excluding carboxylic acids is 1. The van der Waals surface area contributed by atoms with E-state index in [0.717, 1.165) is 47.1 Å². The summed E-state index contributed by atoms with van der Waals surface area (Å²) in [5.41, 5.74) is 4.20. The van der Waals surface area contributed by atoms with Crippen molar-refractivity contribution in [2.75, 3.05) is 6.61 Å². The quantitative estimate of drug-likeness (QED) is 0.567. The number of nitrogens with one attached hydrogen (secondary N) is 1. The second-order valence-electron chi connectivity index (χ2n) is 7.51. The third kappa shape index (κ3) is 3.97. The Hall–Kier alpha value is -2.15. The van der Waals surface area contributed by atoms with Crippen LogP contribution in [0.5, 0.6) is 0 Å². The number of aromatic nitrogens is 2. The molecule has 7 heteroatoms. The molecule has 3 heterocycles. The maximum atomic E-state index is 12.8. The highest BCUT2D eigenvalue weighted by Crippen LogP contribution is 2.37. The molecule has 5 nitrogen and oxygen atoms in total. The SMILES string of the molecule is Cc1c(C(=O)NC(C)C)cc(-c2csc(-c3ccccc3Cl)n2)n1C1CCCO1. The largest absolute Gasteiger partial charge is 0.358 e. The highest BCUT2D eigenvalue weighted by atomic mass is 35.5. The molecule has 0 aliphatic carbocycles. The number of carbonyl (C=O) groups is 1. The van der Waals surface area contributed by atoms with Crippen molar-refractivity contribution in [3.05, 3.63) is 52.0 Å². The van der Waals surface area contributed by atoms with E-state index in [1.54, 1.807) is 11.3 Å². The van der Waals surface area contributed by atoms with E-state index in [2.05, 4.69) is 9.88 Å². The van der Waals surface area contributed by atoms with Crippen molar-refractivity contribution in [3.63, 3.8) is 0 Å². The predicted octanol–water partition coefficient (Wildman–Crippen LogP) is 5.69. The number of benzene rings is 1. The third-order valence-electron chi connectivity index (χ3n) is 5.02. The fraction of sp³-hybridized carbons (Fsp3) is 0.364. The Labute approximate surface area is 179 Å². The van der Waals surface area contributed by atoms with Crippen LogP contribution in [0.3, 0.4) is 0 Å². The minimum absolute atomic E-state index is 0.0718. The van der Waals surface area contributed by atoms with Crippen molar-refractivity contribution < 1.29 is 9.53 Å². The lowest BCUT2D eigenvalue weighted by molar-refractivity contribution is 0.0565. The Balaban J connectivity index is 1.78. The van der Waals surface area contributed by atoms with Gasteiger partial charge in [-0.05, 0) is 45.7 Å². The lowest BCUT2D eigenvalue weighted by Crippen LogP contribution is -2.30. The minimum Gasteiger partial charge on any atom is -0.358 e. The first-order valence-electron chi connectivity index (χ1n) is 9.80. The number of amides is 1. The van der Waals surface area contributed by atoms with Crippen molar-refractivity contribution in [2.24, 2.45) is 0 Å². The third-order valence-corrected chi connectivity index (χ3v) is 6.23. The van der Waals surface area contributed by atoms with E-state index >= 15 is 0 Å². The van der Waals surface area contributed by atoms with Crippen LogP contribution in [0.15, 0.2) is 35.7 Å². The number of hydrogen-bond acceptors (Lipinski definition) is 4. The maximum absolute atomic E-state index is 12.8. The fourth-order valence-corrected chi connectivity index (χ4v) is 4.81. The summed E-state index contributed by atoms with van der Waals surface area (Å²) in [5.74, 6) is -0.0722. The molecule has 2 aromatic heterocycles. The van der Waals surface area contributed by atoms with E-state index in [0.29, 0.717) is 10.6 Å². The fourth-order valence-electron chi connectivity index (χ4n) is 3.67. The van der Waals surface area contributed by atoms with Crippen LogP contribution in [0, 0.1) is 6.92 Å². The molecule has 29 heavy (non-hydrogen) atoms. The van der Waals surface area contributed by atoms with E-state index in [1.165, 1.54) is 0 Å². The highest BCUT2D eigenvalue weighted by Gasteiger charge is 2.27. The van der Waals surface area contributed by atoms with Crippen LogP contribution in [0.2, 0.25) is 5.02 Å². The van der Waals surface area contributed by atoms with Gasteiger partial charge in [-0.2, -0.15) is 0 Å². The lowest BCUT2D eigenvalue weighted by atomic mass is 10.2. The van der Waals surface area contributed by atoms with Gasteiger partial charge in [-0.1, -0.05) is 29.8 Å². The maximum Gasteiger partial charge on any atom is 0.253 e. The molecule has 1 N–H and O–H groups in total. The molecule has 152 valence electrons. The molecule has 0 spiro atoms. The molecular formula is C22H24ClN3O2S. The summed E-state index contributed by atoms with van der Waals surface area (Å²) >= 11 is 7.90. The summed E-state index contributed by atoms with van der Waals surface area (Å²) in [4.78, 5) is 17.6. The first-order valence-corrected chi connectivity index (χ1v) is 11.1. The van der Waals surface area contributed by atoms with E-state index in [9.17, 15) is 4.79 Å². The summed E-state index contributed by atoms with van der Waals surface area (Å²) < 4.78 is 8.07. The summed E-state index contributed by atoms with van der Waals surface area (Å²) in [6.07, 6.45) is 1.86. The van der Waals surface area contributed by atoms with Crippen LogP contribution in [-0.2, 0) is 4.74 Å². The predicted molar refractivity (Wildman–Crippen MR) is 118 cm³/mol. The van der Waals surface area contributed by atoms with Gasteiger partial charge in [0.2, 0.25) is 0 Å². The molecule has 1 unspecified atom stereocenters. The monoisotopic (exact) mass is 429 g/mol. The van der Waals surface area contributed by atoms with Gasteiger partial charge in [-0.15, -0.1) is 11.3 Å². The average molecular weight is 430 g/mol. The van der Waals surface area contributed by atoms with Crippen LogP contribution in [-0.4, -0.2) is 28.1 Å². The second-order valence-corrected chi connectivity index (χ2v) is 8.78. The lowest BCUT2D eigenvalue weighted by Gasteiger charge is -2.18. The molecule has 0 radical (unpaired) electrons. The minimum atomic E-state index is -0.0731. The summed E-state index contributed by atoms with van der Waals surface area (Å²) in [7, 11) is 0. The number of ether oxygens (including phenoxy) is 1. The number of nitrogens with zero attached hydrogens (tertiary/aromatic N) is 2. The Bertz CT molecular complexity index is 1030. The van der Waals surface area contributed by atoms with Crippen LogP contribution >= 0.6 is 22.9 Å². The molecule has 1 amide bonds. The van der Waals surface area contributed by atoms with E-state index in [1.807, 2.05) is 56.5 Å².